The van der Waals surface area contributed by atoms with Crippen molar-refractivity contribution < 1.29 is 19.7 Å². The normalized spacial score (nSPS) is 51.1. The molecule has 1 aliphatic heterocycles. The van der Waals surface area contributed by atoms with Gasteiger partial charge in [0.15, 0.2) is 0 Å². The van der Waals surface area contributed by atoms with Crippen LogP contribution in [0.3, 0.4) is 0 Å². The topological polar surface area (TPSA) is 78.8 Å². The molecule has 0 bridgehead atoms. The van der Waals surface area contributed by atoms with E-state index in [9.17, 15) is 15.0 Å². The van der Waals surface area contributed by atoms with Crippen LogP contribution in [0.4, 0.5) is 0 Å². The third kappa shape index (κ3) is 4.29. The second-order valence-corrected chi connectivity index (χ2v) is 16.8. The van der Waals surface area contributed by atoms with Crippen LogP contribution in [0.5, 0.6) is 0 Å². The van der Waals surface area contributed by atoms with Gasteiger partial charge in [0.05, 0.1) is 23.4 Å². The second-order valence-electron chi connectivity index (χ2n) is 16.8. The molecule has 4 saturated carbocycles. The van der Waals surface area contributed by atoms with Crippen LogP contribution < -0.4 is 5.32 Å². The fraction of sp³-hybridized carbons (Fsp3) is 0.971. The number of aliphatic hydroxyl groups is 2. The lowest BCUT2D eigenvalue weighted by molar-refractivity contribution is -0.240. The highest BCUT2D eigenvalue weighted by atomic mass is 16.5. The Labute approximate surface area is 238 Å². The summed E-state index contributed by atoms with van der Waals surface area (Å²) in [6, 6.07) is 0.231. The number of carbonyl (C=O) groups excluding carboxylic acids is 1. The highest BCUT2D eigenvalue weighted by molar-refractivity contribution is 5.76. The molecule has 0 unspecified atom stereocenters. The van der Waals surface area contributed by atoms with Crippen LogP contribution >= 0.6 is 0 Å². The van der Waals surface area contributed by atoms with Crippen molar-refractivity contribution in [1.82, 2.24) is 5.32 Å². The number of amides is 1. The van der Waals surface area contributed by atoms with E-state index < -0.39 is 5.60 Å². The number of hydrogen-bond donors (Lipinski definition) is 3. The quantitative estimate of drug-likeness (QED) is 0.362. The van der Waals surface area contributed by atoms with Crippen molar-refractivity contribution in [3.8, 4) is 0 Å². The maximum atomic E-state index is 12.6. The van der Waals surface area contributed by atoms with Crippen LogP contribution in [0, 0.1) is 45.3 Å². The van der Waals surface area contributed by atoms with Gasteiger partial charge in [0.25, 0.3) is 0 Å². The van der Waals surface area contributed by atoms with Gasteiger partial charge in [-0.05, 0) is 130 Å². The molecule has 5 nitrogen and oxygen atoms in total. The van der Waals surface area contributed by atoms with Gasteiger partial charge in [-0.3, -0.25) is 4.79 Å². The van der Waals surface area contributed by atoms with Gasteiger partial charge in [-0.15, -0.1) is 0 Å². The van der Waals surface area contributed by atoms with E-state index in [1.54, 1.807) is 0 Å². The average molecular weight is 546 g/mol. The molecule has 1 amide bonds. The molecular formula is C34H59NO4. The van der Waals surface area contributed by atoms with Crippen molar-refractivity contribution in [2.45, 2.75) is 162 Å². The van der Waals surface area contributed by atoms with E-state index >= 15 is 0 Å². The molecule has 39 heavy (non-hydrogen) atoms. The highest BCUT2D eigenvalue weighted by Gasteiger charge is 2.72. The monoisotopic (exact) mass is 545 g/mol. The van der Waals surface area contributed by atoms with Gasteiger partial charge in [-0.25, -0.2) is 0 Å². The number of rotatable bonds is 5. The summed E-state index contributed by atoms with van der Waals surface area (Å²) in [7, 11) is 0. The Morgan fingerprint density at radius 2 is 1.59 bits per heavy atom. The fourth-order valence-corrected chi connectivity index (χ4v) is 11.8. The first kappa shape index (κ1) is 29.8. The van der Waals surface area contributed by atoms with E-state index in [0.717, 1.165) is 51.4 Å². The molecule has 0 spiro atoms. The predicted octanol–water partition coefficient (Wildman–Crippen LogP) is 6.64. The molecule has 11 atom stereocenters. The summed E-state index contributed by atoms with van der Waals surface area (Å²) in [5.74, 6) is 1.79. The van der Waals surface area contributed by atoms with E-state index in [0.29, 0.717) is 24.2 Å². The Bertz CT molecular complexity index is 957. The zero-order chi connectivity index (χ0) is 28.8. The van der Waals surface area contributed by atoms with E-state index in [4.69, 9.17) is 4.74 Å². The lowest BCUT2D eigenvalue weighted by atomic mass is 9.35. The zero-order valence-electron chi connectivity index (χ0n) is 26.5. The molecule has 0 aromatic carbocycles. The largest absolute Gasteiger partial charge is 0.393 e. The first-order valence-corrected chi connectivity index (χ1v) is 16.3. The van der Waals surface area contributed by atoms with Crippen molar-refractivity contribution in [2.75, 3.05) is 0 Å². The van der Waals surface area contributed by atoms with Crippen LogP contribution in [0.25, 0.3) is 0 Å². The van der Waals surface area contributed by atoms with Crippen LogP contribution in [0.15, 0.2) is 0 Å². The Hall–Kier alpha value is -0.650. The average Bonchev–Trinajstić information content (AvgIpc) is 3.41. The maximum Gasteiger partial charge on any atom is 0.220 e. The summed E-state index contributed by atoms with van der Waals surface area (Å²) in [5.41, 5.74) is -0.670. The number of fused-ring (bicyclic) bond motifs is 5. The minimum atomic E-state index is -0.837. The molecule has 5 heteroatoms. The molecular weight excluding hydrogens is 486 g/mol. The van der Waals surface area contributed by atoms with E-state index in [1.807, 2.05) is 13.8 Å². The van der Waals surface area contributed by atoms with Crippen LogP contribution in [0.2, 0.25) is 0 Å². The summed E-state index contributed by atoms with van der Waals surface area (Å²) in [6.45, 7) is 20.5. The number of hydrogen-bond acceptors (Lipinski definition) is 4. The molecule has 1 heterocycles. The summed E-state index contributed by atoms with van der Waals surface area (Å²) in [4.78, 5) is 12.6. The molecule has 5 fully saturated rings. The van der Waals surface area contributed by atoms with Gasteiger partial charge < -0.3 is 20.3 Å². The van der Waals surface area contributed by atoms with Gasteiger partial charge in [-0.2, -0.15) is 0 Å². The van der Waals surface area contributed by atoms with Gasteiger partial charge in [0.2, 0.25) is 5.91 Å². The molecule has 224 valence electrons. The van der Waals surface area contributed by atoms with Crippen molar-refractivity contribution in [3.05, 3.63) is 0 Å². The van der Waals surface area contributed by atoms with Gasteiger partial charge in [0.1, 0.15) is 0 Å². The highest BCUT2D eigenvalue weighted by Crippen LogP contribution is 2.76. The lowest BCUT2D eigenvalue weighted by Crippen LogP contribution is -2.67. The number of ether oxygens (including phenoxy) is 1. The predicted molar refractivity (Wildman–Crippen MR) is 156 cm³/mol. The van der Waals surface area contributed by atoms with Gasteiger partial charge in [-0.1, -0.05) is 41.5 Å². The second kappa shape index (κ2) is 9.43. The zero-order valence-corrected chi connectivity index (χ0v) is 26.5. The number of aliphatic hydroxyl groups excluding tert-OH is 1. The van der Waals surface area contributed by atoms with E-state index in [2.05, 4.69) is 53.8 Å². The number of carbonyl (C=O) groups is 1. The Morgan fingerprint density at radius 1 is 0.923 bits per heavy atom. The van der Waals surface area contributed by atoms with Crippen LogP contribution in [-0.4, -0.2) is 45.6 Å². The van der Waals surface area contributed by atoms with Gasteiger partial charge >= 0.3 is 0 Å². The summed E-state index contributed by atoms with van der Waals surface area (Å²) in [6.07, 6.45) is 10.6. The first-order chi connectivity index (χ1) is 17.9. The standard InChI is InChI=1S/C34H59NO4/c1-10-11-27(37)35-25-14-16-31(6)23(29(25,2)3)13-18-32(7)24(31)20-22(36)28-21(12-17-33(28,32)8)34(9)19-15-26(39-34)30(4,5)38/h21-26,28,36,38H,10-20H2,1-9H3,(H,35,37)/t21-,22+,23-,24+,25-,26+,28-,31-,32+,33+,34-/m0/s1. The third-order valence-electron chi connectivity index (χ3n) is 14.1. The Balaban J connectivity index is 1.42. The third-order valence-corrected chi connectivity index (χ3v) is 14.1. The maximum absolute atomic E-state index is 12.6. The number of nitrogens with one attached hydrogen (secondary N) is 1. The van der Waals surface area contributed by atoms with Crippen molar-refractivity contribution in [2.24, 2.45) is 45.3 Å². The van der Waals surface area contributed by atoms with Crippen molar-refractivity contribution in [1.29, 1.82) is 0 Å². The molecule has 1 saturated heterocycles. The molecule has 3 N–H and O–H groups in total. The van der Waals surface area contributed by atoms with Crippen LogP contribution in [-0.2, 0) is 9.53 Å². The van der Waals surface area contributed by atoms with Crippen molar-refractivity contribution >= 4 is 5.91 Å². The lowest BCUT2D eigenvalue weighted by Gasteiger charge is -2.71. The van der Waals surface area contributed by atoms with E-state index in [1.165, 1.54) is 12.8 Å². The summed E-state index contributed by atoms with van der Waals surface area (Å²) in [5, 5.41) is 26.2. The molecule has 5 aliphatic rings. The first-order valence-electron chi connectivity index (χ1n) is 16.3. The Kier molecular flexibility index (Phi) is 7.21. The van der Waals surface area contributed by atoms with Gasteiger partial charge in [0, 0.05) is 12.5 Å². The molecule has 0 aromatic heterocycles. The summed E-state index contributed by atoms with van der Waals surface area (Å²) >= 11 is 0. The smallest absolute Gasteiger partial charge is 0.220 e. The SMILES string of the molecule is CCCC(=O)N[C@H]1CC[C@]2(C)[C@H]3C[C@@H](O)[C@@H]4[C@@H]([C@]5(C)CC[C@H](C(C)(C)O)O5)CC[C@@]4(C)[C@]3(C)CC[C@H]2C1(C)C. The van der Waals surface area contributed by atoms with Crippen LogP contribution in [0.1, 0.15) is 133 Å². The van der Waals surface area contributed by atoms with E-state index in [-0.39, 0.29) is 57.3 Å². The minimum absolute atomic E-state index is 0.0376. The molecule has 0 radical (unpaired) electrons. The Morgan fingerprint density at radius 3 is 2.21 bits per heavy atom. The molecule has 0 aromatic rings. The minimum Gasteiger partial charge on any atom is -0.393 e. The molecule has 4 aliphatic carbocycles. The summed E-state index contributed by atoms with van der Waals surface area (Å²) < 4.78 is 6.71. The fourth-order valence-electron chi connectivity index (χ4n) is 11.8. The molecule has 5 rings (SSSR count). The van der Waals surface area contributed by atoms with Crippen molar-refractivity contribution in [3.63, 3.8) is 0 Å².